The van der Waals surface area contributed by atoms with Crippen LogP contribution in [0.4, 0.5) is 10.2 Å². The Morgan fingerprint density at radius 3 is 2.80 bits per heavy atom. The van der Waals surface area contributed by atoms with Crippen LogP contribution in [0.5, 0.6) is 0 Å². The molecule has 2 aromatic rings. The molecule has 1 aliphatic rings. The summed E-state index contributed by atoms with van der Waals surface area (Å²) in [7, 11) is 2.14. The Bertz CT molecular complexity index is 760. The largest absolute Gasteiger partial charge is 0.306 e. The predicted octanol–water partition coefficient (Wildman–Crippen LogP) is 4.01. The van der Waals surface area contributed by atoms with Crippen molar-refractivity contribution in [3.05, 3.63) is 58.5 Å². The summed E-state index contributed by atoms with van der Waals surface area (Å²) in [5.74, 6) is -0.126. The number of carbonyl (C=O) groups is 1. The van der Waals surface area contributed by atoms with Crippen molar-refractivity contribution in [1.82, 2.24) is 9.88 Å². The molecule has 2 heterocycles. The number of halogens is 2. The number of nitrogens with zero attached hydrogens (tertiary/aromatic N) is 2. The fraction of sp³-hybridized carbons (Fsp3) is 0.368. The Morgan fingerprint density at radius 1 is 1.32 bits per heavy atom. The van der Waals surface area contributed by atoms with Crippen molar-refractivity contribution < 1.29 is 9.18 Å². The summed E-state index contributed by atoms with van der Waals surface area (Å²) >= 11 is 5.72. The first-order valence-electron chi connectivity index (χ1n) is 8.42. The van der Waals surface area contributed by atoms with Crippen LogP contribution in [-0.4, -0.2) is 35.9 Å². The molecule has 1 aromatic carbocycles. The van der Waals surface area contributed by atoms with Gasteiger partial charge in [-0.15, -0.1) is 0 Å². The number of nitrogens with one attached hydrogen (secondary N) is 1. The van der Waals surface area contributed by atoms with Gasteiger partial charge in [-0.2, -0.15) is 0 Å². The highest BCUT2D eigenvalue weighted by Crippen LogP contribution is 2.21. The highest BCUT2D eigenvalue weighted by molar-refractivity contribution is 6.30. The van der Waals surface area contributed by atoms with Gasteiger partial charge in [0.1, 0.15) is 11.6 Å². The molecule has 4 nitrogen and oxygen atoms in total. The zero-order valence-electron chi connectivity index (χ0n) is 14.1. The fourth-order valence-corrected chi connectivity index (χ4v) is 3.24. The summed E-state index contributed by atoms with van der Waals surface area (Å²) in [5, 5.41) is 2.92. The van der Waals surface area contributed by atoms with E-state index in [1.54, 1.807) is 6.07 Å². The molecule has 0 atom stereocenters. The third-order valence-electron chi connectivity index (χ3n) is 4.56. The highest BCUT2D eigenvalue weighted by Gasteiger charge is 2.18. The molecule has 0 aliphatic carbocycles. The third kappa shape index (κ3) is 4.77. The number of carbonyl (C=O) groups excluding carboxylic acids is 1. The minimum absolute atomic E-state index is 0.0491. The summed E-state index contributed by atoms with van der Waals surface area (Å²) in [4.78, 5) is 19.1. The number of amides is 1. The molecule has 25 heavy (non-hydrogen) atoms. The third-order valence-corrected chi connectivity index (χ3v) is 4.80. The molecule has 0 bridgehead atoms. The zero-order chi connectivity index (χ0) is 17.8. The maximum Gasteiger partial charge on any atom is 0.259 e. The number of benzene rings is 1. The van der Waals surface area contributed by atoms with Gasteiger partial charge in [-0.1, -0.05) is 17.7 Å². The van der Waals surface area contributed by atoms with Crippen LogP contribution in [0.3, 0.4) is 0 Å². The number of pyridine rings is 1. The van der Waals surface area contributed by atoms with Gasteiger partial charge in [0.25, 0.3) is 5.91 Å². The molecular formula is C19H21ClFN3O. The van der Waals surface area contributed by atoms with E-state index in [4.69, 9.17) is 11.6 Å². The number of hydrogen-bond acceptors (Lipinski definition) is 3. The quantitative estimate of drug-likeness (QED) is 0.894. The van der Waals surface area contributed by atoms with E-state index in [9.17, 15) is 9.18 Å². The van der Waals surface area contributed by atoms with E-state index in [2.05, 4.69) is 22.2 Å². The van der Waals surface area contributed by atoms with E-state index < -0.39 is 11.7 Å². The lowest BCUT2D eigenvalue weighted by atomic mass is 9.92. The molecule has 6 heteroatoms. The molecule has 132 valence electrons. The van der Waals surface area contributed by atoms with Crippen LogP contribution in [0.2, 0.25) is 5.02 Å². The Hall–Kier alpha value is -1.98. The second-order valence-corrected chi connectivity index (χ2v) is 6.98. The summed E-state index contributed by atoms with van der Waals surface area (Å²) in [6, 6.07) is 9.53. The molecule has 0 unspecified atom stereocenters. The Labute approximate surface area is 152 Å². The van der Waals surface area contributed by atoms with Gasteiger partial charge in [-0.3, -0.25) is 4.79 Å². The van der Waals surface area contributed by atoms with Gasteiger partial charge in [0.05, 0.1) is 5.56 Å². The standard InChI is InChI=1S/C19H21ClFN3O/c1-24-9-7-13(8-10-24)11-15-3-2-4-18(22-15)23-19(25)16-6-5-14(20)12-17(16)21/h2-6,12-13H,7-11H2,1H3,(H,22,23,25). The Balaban J connectivity index is 1.66. The number of aromatic nitrogens is 1. The first-order valence-corrected chi connectivity index (χ1v) is 8.80. The van der Waals surface area contributed by atoms with E-state index in [1.807, 2.05) is 12.1 Å². The van der Waals surface area contributed by atoms with E-state index in [0.29, 0.717) is 11.7 Å². The SMILES string of the molecule is CN1CCC(Cc2cccc(NC(=O)c3ccc(Cl)cc3F)n2)CC1. The molecule has 1 amide bonds. The van der Waals surface area contributed by atoms with Gasteiger partial charge >= 0.3 is 0 Å². The van der Waals surface area contributed by atoms with Crippen molar-refractivity contribution >= 4 is 23.3 Å². The lowest BCUT2D eigenvalue weighted by Gasteiger charge is -2.28. The highest BCUT2D eigenvalue weighted by atomic mass is 35.5. The molecule has 3 rings (SSSR count). The topological polar surface area (TPSA) is 45.2 Å². The fourth-order valence-electron chi connectivity index (χ4n) is 3.08. The van der Waals surface area contributed by atoms with Gasteiger partial charge in [0, 0.05) is 10.7 Å². The minimum Gasteiger partial charge on any atom is -0.306 e. The molecule has 0 saturated carbocycles. The lowest BCUT2D eigenvalue weighted by Crippen LogP contribution is -2.31. The minimum atomic E-state index is -0.646. The van der Waals surface area contributed by atoms with E-state index >= 15 is 0 Å². The van der Waals surface area contributed by atoms with Crippen LogP contribution < -0.4 is 5.32 Å². The lowest BCUT2D eigenvalue weighted by molar-refractivity contribution is 0.102. The summed E-state index contributed by atoms with van der Waals surface area (Å²) in [5.41, 5.74) is 0.899. The van der Waals surface area contributed by atoms with Crippen molar-refractivity contribution in [2.45, 2.75) is 19.3 Å². The van der Waals surface area contributed by atoms with Crippen molar-refractivity contribution in [3.8, 4) is 0 Å². The maximum atomic E-state index is 13.9. The molecule has 1 aromatic heterocycles. The van der Waals surface area contributed by atoms with Gasteiger partial charge in [-0.05, 0) is 75.6 Å². The number of piperidine rings is 1. The Kier molecular flexibility index (Phi) is 5.66. The normalized spacial score (nSPS) is 16.0. The van der Waals surface area contributed by atoms with Crippen LogP contribution >= 0.6 is 11.6 Å². The summed E-state index contributed by atoms with van der Waals surface area (Å²) in [6.45, 7) is 2.22. The predicted molar refractivity (Wildman–Crippen MR) is 97.5 cm³/mol. The van der Waals surface area contributed by atoms with Crippen LogP contribution in [-0.2, 0) is 6.42 Å². The van der Waals surface area contributed by atoms with Gasteiger partial charge in [0.15, 0.2) is 0 Å². The Morgan fingerprint density at radius 2 is 2.08 bits per heavy atom. The van der Waals surface area contributed by atoms with E-state index in [1.165, 1.54) is 12.1 Å². The average molecular weight is 362 g/mol. The summed E-state index contributed by atoms with van der Waals surface area (Å²) < 4.78 is 13.9. The van der Waals surface area contributed by atoms with Crippen molar-refractivity contribution in [3.63, 3.8) is 0 Å². The van der Waals surface area contributed by atoms with Crippen LogP contribution in [0.25, 0.3) is 0 Å². The average Bonchev–Trinajstić information content (AvgIpc) is 2.57. The molecule has 0 spiro atoms. The molecule has 1 aliphatic heterocycles. The molecule has 1 N–H and O–H groups in total. The maximum absolute atomic E-state index is 13.9. The van der Waals surface area contributed by atoms with Crippen molar-refractivity contribution in [2.75, 3.05) is 25.5 Å². The zero-order valence-corrected chi connectivity index (χ0v) is 14.9. The van der Waals surface area contributed by atoms with Gasteiger partial charge in [0.2, 0.25) is 0 Å². The second kappa shape index (κ2) is 7.93. The first kappa shape index (κ1) is 17.8. The first-order chi connectivity index (χ1) is 12.0. The monoisotopic (exact) mass is 361 g/mol. The van der Waals surface area contributed by atoms with Crippen LogP contribution in [0.1, 0.15) is 28.9 Å². The molecule has 1 fully saturated rings. The van der Waals surface area contributed by atoms with Crippen molar-refractivity contribution in [2.24, 2.45) is 5.92 Å². The van der Waals surface area contributed by atoms with Gasteiger partial charge in [-0.25, -0.2) is 9.37 Å². The van der Waals surface area contributed by atoms with Crippen molar-refractivity contribution in [1.29, 1.82) is 0 Å². The van der Waals surface area contributed by atoms with E-state index in [-0.39, 0.29) is 10.6 Å². The number of anilines is 1. The number of rotatable bonds is 4. The van der Waals surface area contributed by atoms with E-state index in [0.717, 1.165) is 44.1 Å². The second-order valence-electron chi connectivity index (χ2n) is 6.54. The van der Waals surface area contributed by atoms with Gasteiger partial charge < -0.3 is 10.2 Å². The van der Waals surface area contributed by atoms with Crippen LogP contribution in [0.15, 0.2) is 36.4 Å². The summed E-state index contributed by atoms with van der Waals surface area (Å²) in [6.07, 6.45) is 3.21. The smallest absolute Gasteiger partial charge is 0.259 e. The molecular weight excluding hydrogens is 341 g/mol. The number of likely N-dealkylation sites (tertiary alicyclic amines) is 1. The number of hydrogen-bond donors (Lipinski definition) is 1. The van der Waals surface area contributed by atoms with Crippen LogP contribution in [0, 0.1) is 11.7 Å². The molecule has 1 saturated heterocycles. The molecule has 0 radical (unpaired) electrons.